The van der Waals surface area contributed by atoms with Crippen molar-refractivity contribution in [2.45, 2.75) is 33.1 Å². The molecule has 0 bridgehead atoms. The molecule has 2 aromatic rings. The van der Waals surface area contributed by atoms with Crippen molar-refractivity contribution in [2.75, 3.05) is 19.6 Å². The monoisotopic (exact) mass is 366 g/mol. The van der Waals surface area contributed by atoms with Crippen LogP contribution >= 0.6 is 0 Å². The third-order valence-electron chi connectivity index (χ3n) is 5.31. The summed E-state index contributed by atoms with van der Waals surface area (Å²) in [6, 6.07) is 11.0. The molecule has 0 spiro atoms. The Kier molecular flexibility index (Phi) is 5.79. The van der Waals surface area contributed by atoms with Gasteiger partial charge in [0.05, 0.1) is 0 Å². The van der Waals surface area contributed by atoms with E-state index in [1.54, 1.807) is 18.2 Å². The Balaban J connectivity index is 1.60. The standard InChI is InChI=1S/C22H26N2O3/c1-15-16(2)20(25)11-10-19(15)17-6-8-18(9-7-17)22(27)23-12-14-24-13-4-3-5-21(24)26/h6-11,25H,3-5,12-14H2,1-2H3,(H,23,27). The molecule has 1 aliphatic heterocycles. The van der Waals surface area contributed by atoms with Gasteiger partial charge >= 0.3 is 0 Å². The van der Waals surface area contributed by atoms with Crippen LogP contribution in [0, 0.1) is 13.8 Å². The van der Waals surface area contributed by atoms with Crippen molar-refractivity contribution < 1.29 is 14.7 Å². The predicted octanol–water partition coefficient (Wildman–Crippen LogP) is 3.42. The fourth-order valence-electron chi connectivity index (χ4n) is 3.42. The maximum atomic E-state index is 12.3. The number of nitrogens with one attached hydrogen (secondary N) is 1. The zero-order chi connectivity index (χ0) is 19.4. The molecule has 0 aliphatic carbocycles. The Hall–Kier alpha value is -2.82. The number of likely N-dealkylation sites (tertiary alicyclic amines) is 1. The van der Waals surface area contributed by atoms with Crippen LogP contribution in [0.5, 0.6) is 5.75 Å². The highest BCUT2D eigenvalue weighted by atomic mass is 16.3. The van der Waals surface area contributed by atoms with Crippen LogP contribution in [0.1, 0.15) is 40.7 Å². The van der Waals surface area contributed by atoms with Gasteiger partial charge in [-0.3, -0.25) is 9.59 Å². The SMILES string of the molecule is Cc1c(O)ccc(-c2ccc(C(=O)NCCN3CCCCC3=O)cc2)c1C. The summed E-state index contributed by atoms with van der Waals surface area (Å²) in [6.07, 6.45) is 2.62. The van der Waals surface area contributed by atoms with Crippen molar-refractivity contribution in [2.24, 2.45) is 0 Å². The van der Waals surface area contributed by atoms with E-state index in [4.69, 9.17) is 0 Å². The molecule has 27 heavy (non-hydrogen) atoms. The molecule has 2 aromatic carbocycles. The largest absolute Gasteiger partial charge is 0.508 e. The van der Waals surface area contributed by atoms with E-state index in [0.717, 1.165) is 41.6 Å². The van der Waals surface area contributed by atoms with Gasteiger partial charge in [-0.1, -0.05) is 18.2 Å². The van der Waals surface area contributed by atoms with E-state index >= 15 is 0 Å². The Morgan fingerprint density at radius 3 is 2.52 bits per heavy atom. The highest BCUT2D eigenvalue weighted by Crippen LogP contribution is 2.30. The number of aromatic hydroxyl groups is 1. The smallest absolute Gasteiger partial charge is 0.251 e. The van der Waals surface area contributed by atoms with Gasteiger partial charge < -0.3 is 15.3 Å². The van der Waals surface area contributed by atoms with Gasteiger partial charge in [-0.15, -0.1) is 0 Å². The van der Waals surface area contributed by atoms with E-state index < -0.39 is 0 Å². The number of carbonyl (C=O) groups is 2. The molecule has 3 rings (SSSR count). The molecular weight excluding hydrogens is 340 g/mol. The second-order valence-electron chi connectivity index (χ2n) is 7.05. The van der Waals surface area contributed by atoms with E-state index in [1.807, 2.05) is 36.9 Å². The molecule has 5 heteroatoms. The highest BCUT2D eigenvalue weighted by Gasteiger charge is 2.17. The van der Waals surface area contributed by atoms with E-state index in [1.165, 1.54) is 0 Å². The average Bonchev–Trinajstić information content (AvgIpc) is 2.68. The third-order valence-corrected chi connectivity index (χ3v) is 5.31. The van der Waals surface area contributed by atoms with E-state index in [2.05, 4.69) is 5.32 Å². The number of phenols is 1. The van der Waals surface area contributed by atoms with E-state index in [0.29, 0.717) is 30.8 Å². The first-order valence-corrected chi connectivity index (χ1v) is 9.43. The molecule has 2 N–H and O–H groups in total. The maximum Gasteiger partial charge on any atom is 0.251 e. The van der Waals surface area contributed by atoms with E-state index in [-0.39, 0.29) is 11.8 Å². The summed E-state index contributed by atoms with van der Waals surface area (Å²) in [5, 5.41) is 12.7. The molecule has 5 nitrogen and oxygen atoms in total. The van der Waals surface area contributed by atoms with Crippen LogP contribution in [0.3, 0.4) is 0 Å². The van der Waals surface area contributed by atoms with Gasteiger partial charge in [-0.05, 0) is 67.1 Å². The van der Waals surface area contributed by atoms with Crippen molar-refractivity contribution in [3.63, 3.8) is 0 Å². The summed E-state index contributed by atoms with van der Waals surface area (Å²) in [4.78, 5) is 25.9. The fourth-order valence-corrected chi connectivity index (χ4v) is 3.42. The number of hydrogen-bond donors (Lipinski definition) is 2. The summed E-state index contributed by atoms with van der Waals surface area (Å²) in [5.41, 5.74) is 4.53. The maximum absolute atomic E-state index is 12.3. The molecule has 1 fully saturated rings. The lowest BCUT2D eigenvalue weighted by Crippen LogP contribution is -2.41. The van der Waals surface area contributed by atoms with Crippen molar-refractivity contribution in [3.05, 3.63) is 53.1 Å². The molecule has 0 unspecified atom stereocenters. The minimum absolute atomic E-state index is 0.135. The molecule has 142 valence electrons. The van der Waals surface area contributed by atoms with Crippen LogP contribution in [0.4, 0.5) is 0 Å². The number of piperidine rings is 1. The average molecular weight is 366 g/mol. The van der Waals surface area contributed by atoms with Gasteiger partial charge in [0.25, 0.3) is 5.91 Å². The zero-order valence-corrected chi connectivity index (χ0v) is 15.9. The molecule has 1 heterocycles. The lowest BCUT2D eigenvalue weighted by molar-refractivity contribution is -0.133. The summed E-state index contributed by atoms with van der Waals surface area (Å²) in [5.74, 6) is 0.337. The molecular formula is C22H26N2O3. The minimum Gasteiger partial charge on any atom is -0.508 e. The van der Waals surface area contributed by atoms with Crippen LogP contribution in [-0.4, -0.2) is 41.5 Å². The Morgan fingerprint density at radius 1 is 1.07 bits per heavy atom. The molecule has 0 saturated carbocycles. The van der Waals surface area contributed by atoms with Crippen LogP contribution in [-0.2, 0) is 4.79 Å². The van der Waals surface area contributed by atoms with Crippen LogP contribution in [0.25, 0.3) is 11.1 Å². The number of benzene rings is 2. The van der Waals surface area contributed by atoms with Crippen molar-refractivity contribution in [1.29, 1.82) is 0 Å². The molecule has 0 aromatic heterocycles. The highest BCUT2D eigenvalue weighted by molar-refractivity contribution is 5.94. The normalized spacial score (nSPS) is 14.3. The minimum atomic E-state index is -0.135. The molecule has 2 amide bonds. The Labute approximate surface area is 160 Å². The lowest BCUT2D eigenvalue weighted by Gasteiger charge is -2.26. The van der Waals surface area contributed by atoms with E-state index in [9.17, 15) is 14.7 Å². The fraction of sp³-hybridized carbons (Fsp3) is 0.364. The number of phenolic OH excluding ortho intramolecular Hbond substituents is 1. The second kappa shape index (κ2) is 8.25. The molecule has 0 atom stereocenters. The van der Waals surface area contributed by atoms with Crippen LogP contribution in [0.15, 0.2) is 36.4 Å². The summed E-state index contributed by atoms with van der Waals surface area (Å²) in [7, 11) is 0. The summed E-state index contributed by atoms with van der Waals surface area (Å²) in [6.45, 7) is 5.68. The Bertz CT molecular complexity index is 843. The topological polar surface area (TPSA) is 69.6 Å². The number of rotatable bonds is 5. The molecule has 1 saturated heterocycles. The first-order chi connectivity index (χ1) is 13.0. The van der Waals surface area contributed by atoms with Gasteiger partial charge in [0.15, 0.2) is 0 Å². The van der Waals surface area contributed by atoms with Crippen molar-refractivity contribution >= 4 is 11.8 Å². The van der Waals surface area contributed by atoms with Crippen LogP contribution < -0.4 is 5.32 Å². The number of hydrogen-bond acceptors (Lipinski definition) is 3. The van der Waals surface area contributed by atoms with Crippen molar-refractivity contribution in [3.8, 4) is 16.9 Å². The summed E-state index contributed by atoms with van der Waals surface area (Å²) < 4.78 is 0. The number of nitrogens with zero attached hydrogens (tertiary/aromatic N) is 1. The number of amides is 2. The molecule has 0 radical (unpaired) electrons. The van der Waals surface area contributed by atoms with Gasteiger partial charge in [0, 0.05) is 31.6 Å². The van der Waals surface area contributed by atoms with Crippen LogP contribution in [0.2, 0.25) is 0 Å². The van der Waals surface area contributed by atoms with Gasteiger partial charge in [0.2, 0.25) is 5.91 Å². The van der Waals surface area contributed by atoms with Gasteiger partial charge in [-0.25, -0.2) is 0 Å². The third kappa shape index (κ3) is 4.30. The zero-order valence-electron chi connectivity index (χ0n) is 15.9. The first kappa shape index (κ1) is 19.0. The first-order valence-electron chi connectivity index (χ1n) is 9.43. The molecule has 1 aliphatic rings. The van der Waals surface area contributed by atoms with Crippen molar-refractivity contribution in [1.82, 2.24) is 10.2 Å². The predicted molar refractivity (Wildman–Crippen MR) is 106 cm³/mol. The van der Waals surface area contributed by atoms with Gasteiger partial charge in [-0.2, -0.15) is 0 Å². The summed E-state index contributed by atoms with van der Waals surface area (Å²) >= 11 is 0. The number of carbonyl (C=O) groups excluding carboxylic acids is 2. The van der Waals surface area contributed by atoms with Gasteiger partial charge in [0.1, 0.15) is 5.75 Å². The second-order valence-corrected chi connectivity index (χ2v) is 7.05. The quantitative estimate of drug-likeness (QED) is 0.852. The Morgan fingerprint density at radius 2 is 1.81 bits per heavy atom. The lowest BCUT2D eigenvalue weighted by atomic mass is 9.96.